The lowest BCUT2D eigenvalue weighted by atomic mass is 9.94. The van der Waals surface area contributed by atoms with Gasteiger partial charge in [-0.2, -0.15) is 4.98 Å². The van der Waals surface area contributed by atoms with Crippen LogP contribution in [-0.2, 0) is 22.4 Å². The van der Waals surface area contributed by atoms with Crippen LogP contribution in [0, 0.1) is 0 Å². The van der Waals surface area contributed by atoms with Gasteiger partial charge < -0.3 is 18.9 Å². The van der Waals surface area contributed by atoms with E-state index in [0.29, 0.717) is 44.7 Å². The molecule has 8 nitrogen and oxygen atoms in total. The second-order valence-electron chi connectivity index (χ2n) is 8.64. The van der Waals surface area contributed by atoms with Crippen molar-refractivity contribution in [3.8, 4) is 34.1 Å². The molecule has 8 heteroatoms. The molecule has 0 radical (unpaired) electrons. The normalized spacial score (nSPS) is 18.0. The van der Waals surface area contributed by atoms with E-state index >= 15 is 0 Å². The number of nitrogens with zero attached hydrogens (tertiary/aromatic N) is 3. The summed E-state index contributed by atoms with van der Waals surface area (Å²) in [7, 11) is 0. The fourth-order valence-electron chi connectivity index (χ4n) is 4.18. The number of aryl methyl sites for hydroxylation is 1. The Morgan fingerprint density at radius 2 is 2.03 bits per heavy atom. The Hall–Kier alpha value is -3.23. The maximum absolute atomic E-state index is 12.7. The van der Waals surface area contributed by atoms with Crippen molar-refractivity contribution in [1.29, 1.82) is 0 Å². The second-order valence-corrected chi connectivity index (χ2v) is 8.64. The van der Waals surface area contributed by atoms with Gasteiger partial charge in [0.05, 0.1) is 31.6 Å². The molecule has 0 aliphatic carbocycles. The largest absolute Gasteiger partial charge is 0.475 e. The van der Waals surface area contributed by atoms with E-state index in [-0.39, 0.29) is 17.9 Å². The lowest BCUT2D eigenvalue weighted by Gasteiger charge is -2.24. The van der Waals surface area contributed by atoms with Gasteiger partial charge >= 0.3 is 5.69 Å². The van der Waals surface area contributed by atoms with Crippen LogP contribution in [0.4, 0.5) is 0 Å². The number of ether oxygens (including phenoxy) is 4. The summed E-state index contributed by atoms with van der Waals surface area (Å²) in [4.78, 5) is 21.2. The predicted octanol–water partition coefficient (Wildman–Crippen LogP) is 3.50. The van der Waals surface area contributed by atoms with Crippen LogP contribution >= 0.6 is 0 Å². The summed E-state index contributed by atoms with van der Waals surface area (Å²) in [6.07, 6.45) is 3.52. The molecule has 2 aliphatic rings. The van der Waals surface area contributed by atoms with Crippen molar-refractivity contribution in [2.75, 3.05) is 26.4 Å². The van der Waals surface area contributed by atoms with E-state index in [9.17, 15) is 4.79 Å². The highest BCUT2D eigenvalue weighted by Gasteiger charge is 2.21. The quantitative estimate of drug-likeness (QED) is 0.530. The van der Waals surface area contributed by atoms with Gasteiger partial charge in [0.1, 0.15) is 12.7 Å². The summed E-state index contributed by atoms with van der Waals surface area (Å²) in [5.74, 6) is 0.943. The zero-order valence-electron chi connectivity index (χ0n) is 19.5. The number of aromatic nitrogens is 3. The molecule has 0 spiro atoms. The summed E-state index contributed by atoms with van der Waals surface area (Å²) in [6, 6.07) is 12.1. The Bertz CT molecular complexity index is 1200. The Labute approximate surface area is 198 Å². The minimum atomic E-state index is -0.302. The maximum Gasteiger partial charge on any atom is 0.351 e. The van der Waals surface area contributed by atoms with Crippen molar-refractivity contribution in [1.82, 2.24) is 14.5 Å². The first-order chi connectivity index (χ1) is 16.6. The fraction of sp³-hybridized carbons (Fsp3) is 0.423. The molecule has 0 N–H and O–H groups in total. The first kappa shape index (κ1) is 22.6. The fourth-order valence-corrected chi connectivity index (χ4v) is 4.18. The number of fused-ring (bicyclic) bond motifs is 3. The van der Waals surface area contributed by atoms with Crippen molar-refractivity contribution in [3.63, 3.8) is 0 Å². The molecule has 4 heterocycles. The lowest BCUT2D eigenvalue weighted by molar-refractivity contribution is -0.102. The average molecular weight is 464 g/mol. The van der Waals surface area contributed by atoms with E-state index in [0.717, 1.165) is 35.2 Å². The molecule has 2 aliphatic heterocycles. The lowest BCUT2D eigenvalue weighted by Crippen LogP contribution is -2.34. The van der Waals surface area contributed by atoms with Crippen LogP contribution in [0.25, 0.3) is 22.4 Å². The number of benzene rings is 1. The summed E-state index contributed by atoms with van der Waals surface area (Å²) in [5, 5.41) is 0. The maximum atomic E-state index is 12.7. The third kappa shape index (κ3) is 4.83. The second kappa shape index (κ2) is 9.95. The molecular formula is C26H29N3O5. The van der Waals surface area contributed by atoms with Gasteiger partial charge in [0.15, 0.2) is 0 Å². The van der Waals surface area contributed by atoms with Gasteiger partial charge in [0.2, 0.25) is 11.8 Å². The van der Waals surface area contributed by atoms with E-state index in [2.05, 4.69) is 35.1 Å². The summed E-state index contributed by atoms with van der Waals surface area (Å²) >= 11 is 0. The highest BCUT2D eigenvalue weighted by molar-refractivity contribution is 5.73. The van der Waals surface area contributed by atoms with Gasteiger partial charge in [-0.1, -0.05) is 25.1 Å². The first-order valence-electron chi connectivity index (χ1n) is 11.8. The monoisotopic (exact) mass is 463 g/mol. The SMILES string of the molecule is CCC(C)Oc1ccc(-c2ccc3c(c2)CCn2c-3cc(OCC3COCCO3)nc2=O)cn1. The highest BCUT2D eigenvalue weighted by Crippen LogP contribution is 2.33. The standard InChI is InChI=1S/C26H29N3O5/c1-3-17(2)34-24-7-5-20(14-27-24)18-4-6-22-19(12-18)8-9-29-23(22)13-25(28-26(29)30)33-16-21-15-31-10-11-32-21/h4-7,12-14,17,21H,3,8-11,15-16H2,1-2H3. The minimum Gasteiger partial charge on any atom is -0.475 e. The summed E-state index contributed by atoms with van der Waals surface area (Å²) in [6.45, 7) is 6.63. The minimum absolute atomic E-state index is 0.137. The van der Waals surface area contributed by atoms with Crippen LogP contribution in [-0.4, -0.2) is 53.2 Å². The zero-order chi connectivity index (χ0) is 23.5. The van der Waals surface area contributed by atoms with Crippen molar-refractivity contribution < 1.29 is 18.9 Å². The third-order valence-corrected chi connectivity index (χ3v) is 6.24. The molecule has 0 saturated carbocycles. The molecule has 1 fully saturated rings. The Morgan fingerprint density at radius 3 is 2.79 bits per heavy atom. The van der Waals surface area contributed by atoms with Gasteiger partial charge in [0, 0.05) is 36.0 Å². The van der Waals surface area contributed by atoms with Crippen molar-refractivity contribution in [3.05, 3.63) is 58.6 Å². The molecule has 3 aromatic rings. The molecule has 34 heavy (non-hydrogen) atoms. The molecule has 178 valence electrons. The average Bonchev–Trinajstić information content (AvgIpc) is 2.88. The number of hydrogen-bond donors (Lipinski definition) is 0. The molecule has 2 aromatic heterocycles. The Morgan fingerprint density at radius 1 is 1.15 bits per heavy atom. The van der Waals surface area contributed by atoms with Gasteiger partial charge in [0.25, 0.3) is 0 Å². The van der Waals surface area contributed by atoms with E-state index in [4.69, 9.17) is 18.9 Å². The van der Waals surface area contributed by atoms with Crippen molar-refractivity contribution >= 4 is 0 Å². The molecule has 2 unspecified atom stereocenters. The third-order valence-electron chi connectivity index (χ3n) is 6.24. The van der Waals surface area contributed by atoms with Gasteiger partial charge in [-0.15, -0.1) is 0 Å². The molecule has 1 aromatic carbocycles. The molecule has 1 saturated heterocycles. The zero-order valence-corrected chi connectivity index (χ0v) is 19.5. The van der Waals surface area contributed by atoms with E-state index in [1.807, 2.05) is 31.3 Å². The number of pyridine rings is 1. The predicted molar refractivity (Wildman–Crippen MR) is 127 cm³/mol. The van der Waals surface area contributed by atoms with Gasteiger partial charge in [-0.3, -0.25) is 4.57 Å². The molecule has 0 bridgehead atoms. The van der Waals surface area contributed by atoms with E-state index in [1.54, 1.807) is 4.57 Å². The molecular weight excluding hydrogens is 434 g/mol. The van der Waals surface area contributed by atoms with Gasteiger partial charge in [-0.25, -0.2) is 9.78 Å². The van der Waals surface area contributed by atoms with Crippen LogP contribution in [0.15, 0.2) is 47.4 Å². The Kier molecular flexibility index (Phi) is 6.60. The smallest absolute Gasteiger partial charge is 0.351 e. The van der Waals surface area contributed by atoms with Gasteiger partial charge in [-0.05, 0) is 37.0 Å². The van der Waals surface area contributed by atoms with Crippen LogP contribution in [0.1, 0.15) is 25.8 Å². The van der Waals surface area contributed by atoms with Crippen molar-refractivity contribution in [2.24, 2.45) is 0 Å². The first-order valence-corrected chi connectivity index (χ1v) is 11.8. The van der Waals surface area contributed by atoms with Crippen LogP contribution in [0.2, 0.25) is 0 Å². The molecule has 5 rings (SSSR count). The summed E-state index contributed by atoms with van der Waals surface area (Å²) in [5.41, 5.74) is 4.82. The number of hydrogen-bond acceptors (Lipinski definition) is 7. The van der Waals surface area contributed by atoms with Crippen LogP contribution in [0.3, 0.4) is 0 Å². The Balaban J connectivity index is 1.37. The molecule has 0 amide bonds. The van der Waals surface area contributed by atoms with E-state index in [1.165, 1.54) is 5.56 Å². The highest BCUT2D eigenvalue weighted by atomic mass is 16.6. The summed E-state index contributed by atoms with van der Waals surface area (Å²) < 4.78 is 24.3. The number of rotatable bonds is 7. The topological polar surface area (TPSA) is 84.7 Å². The van der Waals surface area contributed by atoms with Crippen LogP contribution < -0.4 is 15.2 Å². The molecule has 2 atom stereocenters. The van der Waals surface area contributed by atoms with E-state index < -0.39 is 0 Å². The van der Waals surface area contributed by atoms with Crippen LogP contribution in [0.5, 0.6) is 11.8 Å². The van der Waals surface area contributed by atoms with Crippen molar-refractivity contribution in [2.45, 2.75) is 45.4 Å².